The number of ketones is 1. The van der Waals surface area contributed by atoms with E-state index >= 15 is 0 Å². The third kappa shape index (κ3) is 6.54. The van der Waals surface area contributed by atoms with Crippen molar-refractivity contribution in [2.24, 2.45) is 0 Å². The Morgan fingerprint density at radius 2 is 1.67 bits per heavy atom. The Kier molecular flexibility index (Phi) is 7.05. The predicted molar refractivity (Wildman–Crippen MR) is 95.7 cm³/mol. The number of hydrogen-bond donors (Lipinski definition) is 1. The molecule has 2 rings (SSSR count). The average Bonchev–Trinajstić information content (AvgIpc) is 2.66. The summed E-state index contributed by atoms with van der Waals surface area (Å²) in [6, 6.07) is 12.0. The molecule has 1 amide bonds. The van der Waals surface area contributed by atoms with Crippen molar-refractivity contribution in [2.45, 2.75) is 26.5 Å². The topological polar surface area (TPSA) is 81.7 Å². The van der Waals surface area contributed by atoms with Crippen LogP contribution < -0.4 is 10.1 Å². The number of esters is 1. The lowest BCUT2D eigenvalue weighted by atomic mass is 10.1. The fourth-order valence-electron chi connectivity index (χ4n) is 2.15. The molecule has 0 aliphatic carbocycles. The quantitative estimate of drug-likeness (QED) is 0.568. The summed E-state index contributed by atoms with van der Waals surface area (Å²) >= 11 is 0. The minimum Gasteiger partial charge on any atom is -0.482 e. The molecule has 0 aromatic heterocycles. The molecule has 0 spiro atoms. The molecule has 6 nitrogen and oxygen atoms in total. The summed E-state index contributed by atoms with van der Waals surface area (Å²) in [7, 11) is 0. The van der Waals surface area contributed by atoms with Gasteiger partial charge in [0.1, 0.15) is 11.6 Å². The largest absolute Gasteiger partial charge is 0.482 e. The first-order valence-corrected chi connectivity index (χ1v) is 8.30. The van der Waals surface area contributed by atoms with Gasteiger partial charge in [0.2, 0.25) is 0 Å². The highest BCUT2D eigenvalue weighted by Gasteiger charge is 2.18. The van der Waals surface area contributed by atoms with E-state index in [1.54, 1.807) is 36.4 Å². The van der Waals surface area contributed by atoms with Crippen LogP contribution in [0.2, 0.25) is 0 Å². The summed E-state index contributed by atoms with van der Waals surface area (Å²) in [6.45, 7) is 2.73. The van der Waals surface area contributed by atoms with E-state index in [9.17, 15) is 18.8 Å². The molecule has 0 aliphatic heterocycles. The van der Waals surface area contributed by atoms with E-state index in [0.717, 1.165) is 5.56 Å². The second-order valence-electron chi connectivity index (χ2n) is 5.85. The number of amides is 1. The van der Waals surface area contributed by atoms with Crippen molar-refractivity contribution in [2.75, 3.05) is 6.61 Å². The number of halogens is 1. The Morgan fingerprint density at radius 3 is 2.26 bits per heavy atom. The third-order valence-corrected chi connectivity index (χ3v) is 3.67. The fourth-order valence-corrected chi connectivity index (χ4v) is 2.15. The highest BCUT2D eigenvalue weighted by atomic mass is 19.1. The van der Waals surface area contributed by atoms with E-state index in [1.807, 2.05) is 0 Å². The Hall–Kier alpha value is -3.22. The number of ether oxygens (including phenoxy) is 2. The standard InChI is InChI=1S/C20H20FNO5/c1-13(23)16-5-9-18(10-6-16)26-12-19(24)27-14(2)20(25)22-11-15-3-7-17(21)8-4-15/h3-10,14H,11-12H2,1-2H3,(H,22,25)/t14-/m0/s1. The van der Waals surface area contributed by atoms with Crippen LogP contribution in [0.5, 0.6) is 5.75 Å². The fraction of sp³-hybridized carbons (Fsp3) is 0.250. The first kappa shape index (κ1) is 20.1. The molecule has 0 fully saturated rings. The minimum absolute atomic E-state index is 0.0681. The van der Waals surface area contributed by atoms with Crippen molar-refractivity contribution in [1.82, 2.24) is 5.32 Å². The Balaban J connectivity index is 1.74. The van der Waals surface area contributed by atoms with Gasteiger partial charge in [-0.1, -0.05) is 12.1 Å². The summed E-state index contributed by atoms with van der Waals surface area (Å²) in [5, 5.41) is 2.60. The molecule has 1 N–H and O–H groups in total. The average molecular weight is 373 g/mol. The van der Waals surface area contributed by atoms with Crippen molar-refractivity contribution < 1.29 is 28.2 Å². The Bertz CT molecular complexity index is 802. The molecule has 27 heavy (non-hydrogen) atoms. The van der Waals surface area contributed by atoms with E-state index in [0.29, 0.717) is 11.3 Å². The van der Waals surface area contributed by atoms with Crippen LogP contribution in [-0.2, 0) is 20.9 Å². The number of benzene rings is 2. The summed E-state index contributed by atoms with van der Waals surface area (Å²) in [5.74, 6) is -1.19. The zero-order chi connectivity index (χ0) is 19.8. The van der Waals surface area contributed by atoms with Crippen LogP contribution in [-0.4, -0.2) is 30.4 Å². The predicted octanol–water partition coefficient (Wildman–Crippen LogP) is 2.66. The summed E-state index contributed by atoms with van der Waals surface area (Å²) in [5.41, 5.74) is 1.26. The highest BCUT2D eigenvalue weighted by Crippen LogP contribution is 2.12. The van der Waals surface area contributed by atoms with Crippen molar-refractivity contribution >= 4 is 17.7 Å². The van der Waals surface area contributed by atoms with Crippen LogP contribution in [0.1, 0.15) is 29.8 Å². The van der Waals surface area contributed by atoms with Crippen LogP contribution in [0.4, 0.5) is 4.39 Å². The second-order valence-corrected chi connectivity index (χ2v) is 5.85. The van der Waals surface area contributed by atoms with Gasteiger partial charge < -0.3 is 14.8 Å². The molecule has 0 bridgehead atoms. The van der Waals surface area contributed by atoms with E-state index in [-0.39, 0.29) is 24.8 Å². The molecule has 0 unspecified atom stereocenters. The molecule has 2 aromatic carbocycles. The van der Waals surface area contributed by atoms with Gasteiger partial charge in [0, 0.05) is 12.1 Å². The van der Waals surface area contributed by atoms with E-state index < -0.39 is 18.0 Å². The molecule has 0 radical (unpaired) electrons. The number of hydrogen-bond acceptors (Lipinski definition) is 5. The number of nitrogens with one attached hydrogen (secondary N) is 1. The van der Waals surface area contributed by atoms with Gasteiger partial charge in [0.15, 0.2) is 18.5 Å². The SMILES string of the molecule is CC(=O)c1ccc(OCC(=O)O[C@@H](C)C(=O)NCc2ccc(F)cc2)cc1. The second kappa shape index (κ2) is 9.47. The van der Waals surface area contributed by atoms with Gasteiger partial charge in [0.05, 0.1) is 0 Å². The van der Waals surface area contributed by atoms with Crippen molar-refractivity contribution in [3.05, 3.63) is 65.5 Å². The van der Waals surface area contributed by atoms with Gasteiger partial charge in [-0.2, -0.15) is 0 Å². The highest BCUT2D eigenvalue weighted by molar-refractivity contribution is 5.94. The minimum atomic E-state index is -0.998. The van der Waals surface area contributed by atoms with Gasteiger partial charge in [-0.3, -0.25) is 9.59 Å². The number of rotatable bonds is 8. The van der Waals surface area contributed by atoms with Gasteiger partial charge in [-0.15, -0.1) is 0 Å². The lowest BCUT2D eigenvalue weighted by Gasteiger charge is -2.14. The van der Waals surface area contributed by atoms with Crippen molar-refractivity contribution in [3.63, 3.8) is 0 Å². The molecule has 0 aliphatic rings. The third-order valence-electron chi connectivity index (χ3n) is 3.67. The van der Waals surface area contributed by atoms with Crippen molar-refractivity contribution in [1.29, 1.82) is 0 Å². The normalized spacial score (nSPS) is 11.4. The maximum Gasteiger partial charge on any atom is 0.344 e. The van der Waals surface area contributed by atoms with Crippen LogP contribution in [0.25, 0.3) is 0 Å². The lowest BCUT2D eigenvalue weighted by Crippen LogP contribution is -2.36. The Morgan fingerprint density at radius 1 is 1.04 bits per heavy atom. The first-order valence-electron chi connectivity index (χ1n) is 8.30. The maximum atomic E-state index is 12.8. The maximum absolute atomic E-state index is 12.8. The smallest absolute Gasteiger partial charge is 0.344 e. The molecule has 0 saturated heterocycles. The molecular weight excluding hydrogens is 353 g/mol. The molecular formula is C20H20FNO5. The molecule has 142 valence electrons. The van der Waals surface area contributed by atoms with Crippen LogP contribution in [0.3, 0.4) is 0 Å². The number of Topliss-reactive ketones (excluding diaryl/α,β-unsaturated/α-hetero) is 1. The van der Waals surface area contributed by atoms with E-state index in [2.05, 4.69) is 5.32 Å². The number of carbonyl (C=O) groups is 3. The van der Waals surface area contributed by atoms with Gasteiger partial charge >= 0.3 is 5.97 Å². The molecule has 0 heterocycles. The van der Waals surface area contributed by atoms with Gasteiger partial charge in [-0.25, -0.2) is 9.18 Å². The van der Waals surface area contributed by atoms with Gasteiger partial charge in [0.25, 0.3) is 5.91 Å². The van der Waals surface area contributed by atoms with Crippen LogP contribution >= 0.6 is 0 Å². The summed E-state index contributed by atoms with van der Waals surface area (Å²) in [6.07, 6.45) is -0.998. The van der Waals surface area contributed by atoms with Crippen LogP contribution in [0, 0.1) is 5.82 Å². The zero-order valence-electron chi connectivity index (χ0n) is 15.0. The molecule has 1 atom stereocenters. The van der Waals surface area contributed by atoms with Crippen molar-refractivity contribution in [3.8, 4) is 5.75 Å². The molecule has 0 saturated carbocycles. The van der Waals surface area contributed by atoms with E-state index in [4.69, 9.17) is 9.47 Å². The Labute approximate surface area is 156 Å². The van der Waals surface area contributed by atoms with E-state index in [1.165, 1.54) is 26.0 Å². The summed E-state index contributed by atoms with van der Waals surface area (Å²) < 4.78 is 23.1. The lowest BCUT2D eigenvalue weighted by molar-refractivity contribution is -0.156. The number of carbonyl (C=O) groups excluding carboxylic acids is 3. The molecule has 2 aromatic rings. The monoisotopic (exact) mass is 373 g/mol. The molecule has 7 heteroatoms. The van der Waals surface area contributed by atoms with Gasteiger partial charge in [-0.05, 0) is 55.8 Å². The summed E-state index contributed by atoms with van der Waals surface area (Å²) in [4.78, 5) is 35.0. The van der Waals surface area contributed by atoms with Crippen LogP contribution in [0.15, 0.2) is 48.5 Å². The zero-order valence-corrected chi connectivity index (χ0v) is 15.0. The first-order chi connectivity index (χ1) is 12.8.